The number of phenols is 1. The predicted octanol–water partition coefficient (Wildman–Crippen LogP) is 4.57. The average Bonchev–Trinajstić information content (AvgIpc) is 3.31. The average molecular weight is 404 g/mol. The van der Waals surface area contributed by atoms with Crippen molar-refractivity contribution in [3.63, 3.8) is 0 Å². The Morgan fingerprint density at radius 2 is 1.80 bits per heavy atom. The summed E-state index contributed by atoms with van der Waals surface area (Å²) in [7, 11) is 0. The molecule has 0 unspecified atom stereocenters. The van der Waals surface area contributed by atoms with Gasteiger partial charge in [-0.1, -0.05) is 18.2 Å². The van der Waals surface area contributed by atoms with Gasteiger partial charge in [0.25, 0.3) is 11.8 Å². The van der Waals surface area contributed by atoms with Crippen molar-refractivity contribution in [3.05, 3.63) is 83.3 Å². The molecule has 3 aromatic rings. The topological polar surface area (TPSA) is 82.8 Å². The lowest BCUT2D eigenvalue weighted by Gasteiger charge is -2.32. The molecule has 1 aliphatic rings. The lowest BCUT2D eigenvalue weighted by Crippen LogP contribution is -2.38. The van der Waals surface area contributed by atoms with Gasteiger partial charge in [-0.05, 0) is 73.2 Å². The van der Waals surface area contributed by atoms with Gasteiger partial charge in [0.05, 0.1) is 6.26 Å². The van der Waals surface area contributed by atoms with Crippen molar-refractivity contribution in [2.75, 3.05) is 18.4 Å². The molecule has 2 N–H and O–H groups in total. The molecule has 1 saturated heterocycles. The first-order valence-electron chi connectivity index (χ1n) is 10.0. The largest absolute Gasteiger partial charge is 0.508 e. The molecule has 2 heterocycles. The number of anilines is 1. The number of nitrogens with one attached hydrogen (secondary N) is 1. The van der Waals surface area contributed by atoms with Crippen molar-refractivity contribution in [1.82, 2.24) is 4.90 Å². The lowest BCUT2D eigenvalue weighted by atomic mass is 9.89. The van der Waals surface area contributed by atoms with Crippen LogP contribution in [0.25, 0.3) is 0 Å². The van der Waals surface area contributed by atoms with Crippen LogP contribution >= 0.6 is 0 Å². The lowest BCUT2D eigenvalue weighted by molar-refractivity contribution is 0.0712. The molecule has 30 heavy (non-hydrogen) atoms. The van der Waals surface area contributed by atoms with Crippen molar-refractivity contribution >= 4 is 17.5 Å². The van der Waals surface area contributed by atoms with Gasteiger partial charge in [0.15, 0.2) is 5.76 Å². The molecule has 6 nitrogen and oxygen atoms in total. The molecule has 0 saturated carbocycles. The first-order chi connectivity index (χ1) is 14.5. The number of amides is 2. The highest BCUT2D eigenvalue weighted by molar-refractivity contribution is 6.04. The number of aromatic hydroxyl groups is 1. The molecule has 154 valence electrons. The van der Waals surface area contributed by atoms with E-state index < -0.39 is 0 Å². The van der Waals surface area contributed by atoms with Crippen molar-refractivity contribution in [3.8, 4) is 5.75 Å². The van der Waals surface area contributed by atoms with Crippen LogP contribution in [-0.4, -0.2) is 34.9 Å². The standard InChI is InChI=1S/C24H24N2O4/c1-16-4-5-19(15-21(16)25-23(28)22-3-2-14-30-22)24(29)26-12-10-18(11-13-26)17-6-8-20(27)9-7-17/h2-9,14-15,18,27H,10-13H2,1H3,(H,25,28). The van der Waals surface area contributed by atoms with Gasteiger partial charge in [0.1, 0.15) is 5.75 Å². The molecular formula is C24H24N2O4. The van der Waals surface area contributed by atoms with Gasteiger partial charge in [0.2, 0.25) is 0 Å². The molecule has 0 radical (unpaired) electrons. The number of aryl methyl sites for hydroxylation is 1. The van der Waals surface area contributed by atoms with Crippen LogP contribution in [0, 0.1) is 6.92 Å². The van der Waals surface area contributed by atoms with Crippen LogP contribution in [0.2, 0.25) is 0 Å². The van der Waals surface area contributed by atoms with E-state index in [1.165, 1.54) is 11.8 Å². The molecule has 2 aromatic carbocycles. The zero-order chi connectivity index (χ0) is 21.1. The summed E-state index contributed by atoms with van der Waals surface area (Å²) in [5, 5.41) is 12.3. The molecule has 1 aromatic heterocycles. The van der Waals surface area contributed by atoms with Crippen LogP contribution in [0.4, 0.5) is 5.69 Å². The molecule has 2 amide bonds. The fourth-order valence-electron chi connectivity index (χ4n) is 3.83. The number of carbonyl (C=O) groups is 2. The number of furan rings is 1. The molecule has 4 rings (SSSR count). The number of phenolic OH excluding ortho intramolecular Hbond substituents is 1. The second-order valence-electron chi connectivity index (χ2n) is 7.62. The smallest absolute Gasteiger partial charge is 0.291 e. The Hall–Kier alpha value is -3.54. The third-order valence-electron chi connectivity index (χ3n) is 5.62. The van der Waals surface area contributed by atoms with Crippen molar-refractivity contribution < 1.29 is 19.1 Å². The summed E-state index contributed by atoms with van der Waals surface area (Å²) in [6.07, 6.45) is 3.21. The van der Waals surface area contributed by atoms with Gasteiger partial charge in [-0.15, -0.1) is 0 Å². The summed E-state index contributed by atoms with van der Waals surface area (Å²) in [5.74, 6) is 0.494. The van der Waals surface area contributed by atoms with Crippen LogP contribution in [0.1, 0.15) is 50.8 Å². The van der Waals surface area contributed by atoms with E-state index in [1.807, 2.05) is 30.0 Å². The zero-order valence-corrected chi connectivity index (χ0v) is 16.8. The van der Waals surface area contributed by atoms with Crippen LogP contribution in [0.15, 0.2) is 65.3 Å². The fourth-order valence-corrected chi connectivity index (χ4v) is 3.83. The van der Waals surface area contributed by atoms with Gasteiger partial charge in [-0.2, -0.15) is 0 Å². The third-order valence-corrected chi connectivity index (χ3v) is 5.62. The Bertz CT molecular complexity index is 1030. The molecular weight excluding hydrogens is 380 g/mol. The van der Waals surface area contributed by atoms with Crippen LogP contribution in [0.5, 0.6) is 5.75 Å². The van der Waals surface area contributed by atoms with E-state index in [0.29, 0.717) is 30.3 Å². The van der Waals surface area contributed by atoms with Crippen molar-refractivity contribution in [2.45, 2.75) is 25.7 Å². The Labute approximate surface area is 175 Å². The van der Waals surface area contributed by atoms with Gasteiger partial charge in [-0.25, -0.2) is 0 Å². The summed E-state index contributed by atoms with van der Waals surface area (Å²) in [6.45, 7) is 3.23. The van der Waals surface area contributed by atoms with E-state index in [4.69, 9.17) is 4.42 Å². The van der Waals surface area contributed by atoms with E-state index in [2.05, 4.69) is 5.32 Å². The summed E-state index contributed by atoms with van der Waals surface area (Å²) in [6, 6.07) is 15.9. The highest BCUT2D eigenvalue weighted by atomic mass is 16.3. The van der Waals surface area contributed by atoms with Gasteiger partial charge >= 0.3 is 0 Å². The SMILES string of the molecule is Cc1ccc(C(=O)N2CCC(c3ccc(O)cc3)CC2)cc1NC(=O)c1ccco1. The number of nitrogens with zero attached hydrogens (tertiary/aromatic N) is 1. The van der Waals surface area contributed by atoms with E-state index in [1.54, 1.807) is 36.4 Å². The predicted molar refractivity (Wildman–Crippen MR) is 114 cm³/mol. The normalized spacial score (nSPS) is 14.5. The second kappa shape index (κ2) is 8.45. The molecule has 0 bridgehead atoms. The van der Waals surface area contributed by atoms with E-state index >= 15 is 0 Å². The molecule has 6 heteroatoms. The Kier molecular flexibility index (Phi) is 5.57. The van der Waals surface area contributed by atoms with Crippen LogP contribution < -0.4 is 5.32 Å². The second-order valence-corrected chi connectivity index (χ2v) is 7.62. The minimum absolute atomic E-state index is 0.0346. The fraction of sp³-hybridized carbons (Fsp3) is 0.250. The zero-order valence-electron chi connectivity index (χ0n) is 16.8. The summed E-state index contributed by atoms with van der Waals surface area (Å²) in [4.78, 5) is 27.2. The number of hydrogen-bond donors (Lipinski definition) is 2. The molecule has 0 aliphatic carbocycles. The Morgan fingerprint density at radius 1 is 1.07 bits per heavy atom. The first kappa shape index (κ1) is 19.8. The Morgan fingerprint density at radius 3 is 2.47 bits per heavy atom. The number of hydrogen-bond acceptors (Lipinski definition) is 4. The van der Waals surface area contributed by atoms with Crippen LogP contribution in [-0.2, 0) is 0 Å². The molecule has 0 spiro atoms. The highest BCUT2D eigenvalue weighted by Crippen LogP contribution is 2.30. The quantitative estimate of drug-likeness (QED) is 0.667. The minimum Gasteiger partial charge on any atom is -0.508 e. The number of piperidine rings is 1. The van der Waals surface area contributed by atoms with E-state index in [9.17, 15) is 14.7 Å². The monoisotopic (exact) mass is 404 g/mol. The number of carbonyl (C=O) groups excluding carboxylic acids is 2. The van der Waals surface area contributed by atoms with E-state index in [-0.39, 0.29) is 23.3 Å². The number of rotatable bonds is 4. The maximum absolute atomic E-state index is 13.0. The van der Waals surface area contributed by atoms with Gasteiger partial charge < -0.3 is 19.7 Å². The van der Waals surface area contributed by atoms with Crippen molar-refractivity contribution in [2.24, 2.45) is 0 Å². The third kappa shape index (κ3) is 4.22. The Balaban J connectivity index is 1.42. The van der Waals surface area contributed by atoms with Crippen molar-refractivity contribution in [1.29, 1.82) is 0 Å². The first-order valence-corrected chi connectivity index (χ1v) is 10.0. The molecule has 0 atom stereocenters. The van der Waals surface area contributed by atoms with Gasteiger partial charge in [0, 0.05) is 24.3 Å². The summed E-state index contributed by atoms with van der Waals surface area (Å²) in [5.41, 5.74) is 3.22. The minimum atomic E-state index is -0.345. The summed E-state index contributed by atoms with van der Waals surface area (Å²) < 4.78 is 5.13. The maximum atomic E-state index is 13.0. The van der Waals surface area contributed by atoms with Gasteiger partial charge in [-0.3, -0.25) is 9.59 Å². The summed E-state index contributed by atoms with van der Waals surface area (Å²) >= 11 is 0. The molecule has 1 aliphatic heterocycles. The van der Waals surface area contributed by atoms with E-state index in [0.717, 1.165) is 18.4 Å². The maximum Gasteiger partial charge on any atom is 0.291 e. The highest BCUT2D eigenvalue weighted by Gasteiger charge is 2.25. The number of likely N-dealkylation sites (tertiary alicyclic amines) is 1. The van der Waals surface area contributed by atoms with Crippen LogP contribution in [0.3, 0.4) is 0 Å². The number of benzene rings is 2. The molecule has 1 fully saturated rings.